The second kappa shape index (κ2) is 12.3. The van der Waals surface area contributed by atoms with Crippen molar-refractivity contribution in [3.05, 3.63) is 34.0 Å². The third kappa shape index (κ3) is 6.13. The molecular formula is C34H45N9O3S. The predicted octanol–water partition coefficient (Wildman–Crippen LogP) is 5.02. The molecule has 13 heteroatoms. The monoisotopic (exact) mass is 659 g/mol. The Balaban J connectivity index is 1.20. The van der Waals surface area contributed by atoms with Crippen LogP contribution in [0.4, 0.5) is 21.3 Å². The van der Waals surface area contributed by atoms with Gasteiger partial charge in [0.2, 0.25) is 11.7 Å². The topological polar surface area (TPSA) is 141 Å². The molecule has 2 unspecified atom stereocenters. The lowest BCUT2D eigenvalue weighted by Gasteiger charge is -2.44. The van der Waals surface area contributed by atoms with E-state index < -0.39 is 11.0 Å². The molecule has 1 aliphatic carbocycles. The molecule has 0 saturated carbocycles. The summed E-state index contributed by atoms with van der Waals surface area (Å²) in [4.78, 5) is 33.1. The number of hydrogen-bond donors (Lipinski definition) is 1. The fourth-order valence-electron chi connectivity index (χ4n) is 7.66. The van der Waals surface area contributed by atoms with Crippen molar-refractivity contribution in [3.63, 3.8) is 0 Å². The van der Waals surface area contributed by atoms with Gasteiger partial charge in [0.15, 0.2) is 0 Å². The van der Waals surface area contributed by atoms with Gasteiger partial charge in [-0.05, 0) is 72.4 Å². The number of anilines is 3. The van der Waals surface area contributed by atoms with Gasteiger partial charge in [-0.3, -0.25) is 4.90 Å². The molecule has 12 nitrogen and oxygen atoms in total. The van der Waals surface area contributed by atoms with Gasteiger partial charge in [-0.1, -0.05) is 11.6 Å². The largest absolute Gasteiger partial charge is 0.444 e. The molecule has 3 aliphatic heterocycles. The summed E-state index contributed by atoms with van der Waals surface area (Å²) in [6, 6.07) is 7.08. The lowest BCUT2D eigenvalue weighted by molar-refractivity contribution is 0.0240. The van der Waals surface area contributed by atoms with Crippen LogP contribution in [0, 0.1) is 11.3 Å². The van der Waals surface area contributed by atoms with Crippen LogP contribution in [0.25, 0.3) is 11.5 Å². The van der Waals surface area contributed by atoms with E-state index in [1.807, 2.05) is 26.8 Å². The summed E-state index contributed by atoms with van der Waals surface area (Å²) in [7, 11) is 0. The zero-order chi connectivity index (χ0) is 32.9. The van der Waals surface area contributed by atoms with E-state index in [1.165, 1.54) is 37.1 Å². The number of nitrogens with zero attached hydrogens (tertiary/aromatic N) is 8. The van der Waals surface area contributed by atoms with Crippen LogP contribution in [-0.4, -0.2) is 95.0 Å². The number of pyridine rings is 1. The Morgan fingerprint density at radius 2 is 1.87 bits per heavy atom. The third-order valence-electron chi connectivity index (χ3n) is 10.1. The van der Waals surface area contributed by atoms with E-state index in [9.17, 15) is 10.1 Å². The number of aromatic nitrogens is 3. The molecule has 3 fully saturated rings. The van der Waals surface area contributed by atoms with Gasteiger partial charge in [-0.15, -0.1) is 11.3 Å². The number of hydrogen-bond acceptors (Lipinski definition) is 12. The zero-order valence-corrected chi connectivity index (χ0v) is 28.7. The van der Waals surface area contributed by atoms with Crippen LogP contribution in [-0.2, 0) is 16.6 Å². The maximum absolute atomic E-state index is 12.8. The number of piperazine rings is 2. The molecule has 3 aromatic rings. The number of carbonyl (C=O) groups is 1. The first-order valence-electron chi connectivity index (χ1n) is 16.9. The van der Waals surface area contributed by atoms with Crippen molar-refractivity contribution in [1.82, 2.24) is 24.9 Å². The quantitative estimate of drug-likeness (QED) is 0.404. The van der Waals surface area contributed by atoms with Crippen LogP contribution in [0.1, 0.15) is 81.7 Å². The minimum atomic E-state index is -0.603. The van der Waals surface area contributed by atoms with Crippen molar-refractivity contribution in [2.24, 2.45) is 0 Å². The van der Waals surface area contributed by atoms with Crippen molar-refractivity contribution in [3.8, 4) is 17.6 Å². The summed E-state index contributed by atoms with van der Waals surface area (Å²) in [5, 5.41) is 15.0. The first kappa shape index (κ1) is 31.7. The number of nitrogens with two attached hydrogens (primary N) is 1. The van der Waals surface area contributed by atoms with Crippen LogP contribution in [0.3, 0.4) is 0 Å². The van der Waals surface area contributed by atoms with Gasteiger partial charge in [-0.25, -0.2) is 9.78 Å². The van der Waals surface area contributed by atoms with Crippen molar-refractivity contribution in [1.29, 1.82) is 5.26 Å². The number of ether oxygens (including phenoxy) is 1. The Morgan fingerprint density at radius 1 is 1.09 bits per heavy atom. The summed E-state index contributed by atoms with van der Waals surface area (Å²) >= 11 is 1.50. The number of thiophene rings is 1. The summed E-state index contributed by atoms with van der Waals surface area (Å²) in [6.45, 7) is 14.3. The summed E-state index contributed by atoms with van der Waals surface area (Å²) in [5.74, 6) is 1.83. The highest BCUT2D eigenvalue weighted by atomic mass is 32.1. The van der Waals surface area contributed by atoms with Crippen LogP contribution in [0.15, 0.2) is 16.7 Å². The van der Waals surface area contributed by atoms with E-state index in [1.54, 1.807) is 4.90 Å². The molecule has 0 spiro atoms. The summed E-state index contributed by atoms with van der Waals surface area (Å²) in [5.41, 5.74) is 8.27. The van der Waals surface area contributed by atoms with Gasteiger partial charge in [0.05, 0.1) is 11.0 Å². The Labute approximate surface area is 280 Å². The molecular weight excluding hydrogens is 615 g/mol. The number of amides is 1. The molecule has 7 rings (SSSR count). The van der Waals surface area contributed by atoms with E-state index in [-0.39, 0.29) is 6.09 Å². The van der Waals surface area contributed by atoms with E-state index in [2.05, 4.69) is 38.9 Å². The van der Waals surface area contributed by atoms with Crippen LogP contribution < -0.4 is 15.5 Å². The van der Waals surface area contributed by atoms with E-state index in [0.29, 0.717) is 60.2 Å². The molecule has 2 atom stereocenters. The SMILES string of the molecule is CC(C)(C)OC(=O)N1CCN(c2cc(-c3noc(C4(C)CCCc5sc(N)c(C#N)c54)n3)nc(N3CCN4CCCCC4C3)c2)CC1. The number of nitrogen functional groups attached to an aromatic ring is 1. The maximum Gasteiger partial charge on any atom is 0.410 e. The first-order valence-corrected chi connectivity index (χ1v) is 17.7. The second-order valence-electron chi connectivity index (χ2n) is 14.5. The molecule has 0 aromatic carbocycles. The smallest absolute Gasteiger partial charge is 0.410 e. The number of nitriles is 1. The fourth-order valence-corrected chi connectivity index (χ4v) is 8.85. The maximum atomic E-state index is 12.8. The predicted molar refractivity (Wildman–Crippen MR) is 182 cm³/mol. The third-order valence-corrected chi connectivity index (χ3v) is 11.2. The lowest BCUT2D eigenvalue weighted by atomic mass is 9.72. The molecule has 0 radical (unpaired) electrons. The van der Waals surface area contributed by atoms with E-state index >= 15 is 0 Å². The zero-order valence-electron chi connectivity index (χ0n) is 27.9. The highest BCUT2D eigenvalue weighted by Gasteiger charge is 2.43. The van der Waals surface area contributed by atoms with Gasteiger partial charge in [0.1, 0.15) is 28.2 Å². The lowest BCUT2D eigenvalue weighted by Crippen LogP contribution is -2.55. The summed E-state index contributed by atoms with van der Waals surface area (Å²) < 4.78 is 11.6. The molecule has 3 saturated heterocycles. The van der Waals surface area contributed by atoms with Gasteiger partial charge < -0.3 is 29.7 Å². The highest BCUT2D eigenvalue weighted by molar-refractivity contribution is 7.16. The first-order chi connectivity index (χ1) is 22.5. The molecule has 47 heavy (non-hydrogen) atoms. The van der Waals surface area contributed by atoms with E-state index in [0.717, 1.165) is 60.8 Å². The molecule has 2 N–H and O–H groups in total. The number of piperidine rings is 1. The van der Waals surface area contributed by atoms with Gasteiger partial charge in [0, 0.05) is 74.0 Å². The van der Waals surface area contributed by atoms with Crippen LogP contribution >= 0.6 is 11.3 Å². The number of carbonyl (C=O) groups excluding carboxylic acids is 1. The molecule has 3 aromatic heterocycles. The highest BCUT2D eigenvalue weighted by Crippen LogP contribution is 2.48. The molecule has 6 heterocycles. The van der Waals surface area contributed by atoms with Crippen LogP contribution in [0.5, 0.6) is 0 Å². The average molecular weight is 660 g/mol. The Bertz CT molecular complexity index is 1680. The Kier molecular flexibility index (Phi) is 8.29. The second-order valence-corrected chi connectivity index (χ2v) is 15.7. The van der Waals surface area contributed by atoms with Crippen molar-refractivity contribution in [2.75, 3.05) is 67.9 Å². The van der Waals surface area contributed by atoms with Crippen molar-refractivity contribution < 1.29 is 14.1 Å². The van der Waals surface area contributed by atoms with Gasteiger partial charge in [0.25, 0.3) is 0 Å². The molecule has 4 aliphatic rings. The number of aryl methyl sites for hydroxylation is 1. The molecule has 0 bridgehead atoms. The van der Waals surface area contributed by atoms with Crippen molar-refractivity contribution in [2.45, 2.75) is 83.3 Å². The minimum Gasteiger partial charge on any atom is -0.444 e. The van der Waals surface area contributed by atoms with Gasteiger partial charge in [-0.2, -0.15) is 10.2 Å². The number of fused-ring (bicyclic) bond motifs is 2. The van der Waals surface area contributed by atoms with Crippen molar-refractivity contribution >= 4 is 33.9 Å². The van der Waals surface area contributed by atoms with E-state index in [4.69, 9.17) is 25.0 Å². The number of rotatable bonds is 4. The Hall–Kier alpha value is -3.89. The van der Waals surface area contributed by atoms with Gasteiger partial charge >= 0.3 is 6.09 Å². The summed E-state index contributed by atoms with van der Waals surface area (Å²) in [6.07, 6.45) is 6.12. The Morgan fingerprint density at radius 3 is 2.64 bits per heavy atom. The fraction of sp³-hybridized carbons (Fsp3) is 0.618. The standard InChI is InChI=1S/C34H45N9O3S/c1-33(2,3)45-32(44)42-15-12-41(13-16-42)23-18-25(37-27(19-23)43-17-14-40-11-6-5-8-22(40)21-43)30-38-31(46-39-30)34(4)10-7-9-26-28(34)24(20-35)29(36)47-26/h18-19,22H,5-17,21,36H2,1-4H3. The molecule has 1 amide bonds. The van der Waals surface area contributed by atoms with Crippen LogP contribution in [0.2, 0.25) is 0 Å². The molecule has 250 valence electrons. The normalized spacial score (nSPS) is 23.6. The average Bonchev–Trinajstić information content (AvgIpc) is 3.69. The minimum absolute atomic E-state index is 0.274.